The Morgan fingerprint density at radius 3 is 2.44 bits per heavy atom. The van der Waals surface area contributed by atoms with Crippen LogP contribution in [0.4, 0.5) is 22.0 Å². The largest absolute Gasteiger partial charge is 0.492 e. The number of alkyl halides is 5. The van der Waals surface area contributed by atoms with E-state index in [9.17, 15) is 27.0 Å². The Hall–Kier alpha value is -3.16. The number of nitrogens with zero attached hydrogens (tertiary/aromatic N) is 2. The van der Waals surface area contributed by atoms with Gasteiger partial charge in [-0.15, -0.1) is 0 Å². The molecule has 0 aliphatic carbocycles. The molecule has 14 heteroatoms. The van der Waals surface area contributed by atoms with Gasteiger partial charge < -0.3 is 24.2 Å². The zero-order chi connectivity index (χ0) is 30.6. The van der Waals surface area contributed by atoms with Gasteiger partial charge in [0, 0.05) is 34.9 Å². The lowest BCUT2D eigenvalue weighted by molar-refractivity contribution is -0.275. The van der Waals surface area contributed by atoms with E-state index in [0.29, 0.717) is 24.2 Å². The molecule has 6 nitrogen and oxygen atoms in total. The molecule has 2 aliphatic rings. The van der Waals surface area contributed by atoms with E-state index in [4.69, 9.17) is 32.7 Å². The highest BCUT2D eigenvalue weighted by Gasteiger charge is 2.62. The van der Waals surface area contributed by atoms with Gasteiger partial charge in [0.15, 0.2) is 0 Å². The van der Waals surface area contributed by atoms with E-state index in [1.165, 1.54) is 18.2 Å². The van der Waals surface area contributed by atoms with Gasteiger partial charge in [0.2, 0.25) is 0 Å². The number of rotatable bonds is 8. The summed E-state index contributed by atoms with van der Waals surface area (Å²) in [7, 11) is -1.43. The molecule has 1 unspecified atom stereocenters. The summed E-state index contributed by atoms with van der Waals surface area (Å²) < 4.78 is 77.5. The van der Waals surface area contributed by atoms with Crippen LogP contribution in [0.1, 0.15) is 34.4 Å². The number of aromatic nitrogens is 1. The molecule has 6 rings (SSSR count). The predicted octanol–water partition coefficient (Wildman–Crippen LogP) is 5.97. The average Bonchev–Trinajstić information content (AvgIpc) is 3.70. The minimum absolute atomic E-state index is 0.0462. The smallest absolute Gasteiger partial charge is 0.423 e. The lowest BCUT2D eigenvalue weighted by Crippen LogP contribution is -2.42. The van der Waals surface area contributed by atoms with Crippen molar-refractivity contribution in [3.05, 3.63) is 105 Å². The predicted molar refractivity (Wildman–Crippen MR) is 153 cm³/mol. The first-order valence-electron chi connectivity index (χ1n) is 13.2. The van der Waals surface area contributed by atoms with E-state index in [1.807, 2.05) is 6.07 Å². The van der Waals surface area contributed by atoms with Crippen LogP contribution in [0.15, 0.2) is 72.0 Å². The SMILES string of the molecule is OB1OC(CF)(CF)c2ccc(CNCc3ccc(C4=NOC(c5cc(Cl)cc(Cl)c5)(C(F)(F)F)C4)n4cccc34)cc21. The van der Waals surface area contributed by atoms with Crippen LogP contribution in [0.3, 0.4) is 0 Å². The highest BCUT2D eigenvalue weighted by Crippen LogP contribution is 2.49. The minimum Gasteiger partial charge on any atom is -0.423 e. The number of fused-ring (bicyclic) bond motifs is 2. The normalized spacial score (nSPS) is 19.5. The maximum absolute atomic E-state index is 14.5. The van der Waals surface area contributed by atoms with Gasteiger partial charge >= 0.3 is 13.3 Å². The molecule has 0 spiro atoms. The molecule has 4 heterocycles. The molecular weight excluding hydrogens is 615 g/mol. The Morgan fingerprint density at radius 2 is 1.74 bits per heavy atom. The quantitative estimate of drug-likeness (QED) is 0.185. The molecule has 0 bridgehead atoms. The fraction of sp³-hybridized carbons (Fsp3) is 0.276. The van der Waals surface area contributed by atoms with Crippen LogP contribution in [-0.2, 0) is 33.8 Å². The van der Waals surface area contributed by atoms with Crippen molar-refractivity contribution < 1.29 is 36.5 Å². The first-order valence-corrected chi connectivity index (χ1v) is 14.0. The summed E-state index contributed by atoms with van der Waals surface area (Å²) in [5.41, 5.74) is -1.28. The molecule has 0 radical (unpaired) electrons. The van der Waals surface area contributed by atoms with Gasteiger partial charge in [0.1, 0.15) is 24.7 Å². The fourth-order valence-corrected chi connectivity index (χ4v) is 6.20. The van der Waals surface area contributed by atoms with Crippen molar-refractivity contribution in [1.29, 1.82) is 0 Å². The Balaban J connectivity index is 1.21. The standard InChI is InChI=1S/C29H23BCl2F5N3O3/c31-20-9-19(10-21(32)11-20)28(29(35,36)37)12-24(39-43-28)26-6-4-18(25-2-1-7-40(25)26)14-38-13-17-3-5-22-23(8-17)30(41)42-27(22,15-33)16-34/h1-11,38,41H,12-16H2. The summed E-state index contributed by atoms with van der Waals surface area (Å²) in [6.07, 6.45) is -3.67. The molecule has 0 fully saturated rings. The zero-order valence-corrected chi connectivity index (χ0v) is 23.8. The van der Waals surface area contributed by atoms with Crippen molar-refractivity contribution in [3.63, 3.8) is 0 Å². The Kier molecular flexibility index (Phi) is 7.71. The molecule has 2 N–H and O–H groups in total. The maximum Gasteiger partial charge on any atom is 0.492 e. The second-order valence-corrected chi connectivity index (χ2v) is 11.4. The number of halogens is 7. The summed E-state index contributed by atoms with van der Waals surface area (Å²) >= 11 is 12.0. The number of hydrogen-bond donors (Lipinski definition) is 2. The third kappa shape index (κ3) is 5.08. The summed E-state index contributed by atoms with van der Waals surface area (Å²) in [5.74, 6) is 0. The third-order valence-corrected chi connectivity index (χ3v) is 8.31. The number of oxime groups is 1. The van der Waals surface area contributed by atoms with Gasteiger partial charge in [-0.2, -0.15) is 13.2 Å². The second-order valence-electron chi connectivity index (χ2n) is 10.6. The second kappa shape index (κ2) is 11.1. The lowest BCUT2D eigenvalue weighted by Gasteiger charge is -2.29. The monoisotopic (exact) mass is 637 g/mol. The van der Waals surface area contributed by atoms with E-state index in [2.05, 4.69) is 10.5 Å². The molecule has 1 atom stereocenters. The highest BCUT2D eigenvalue weighted by atomic mass is 35.5. The van der Waals surface area contributed by atoms with Crippen molar-refractivity contribution in [3.8, 4) is 0 Å². The zero-order valence-electron chi connectivity index (χ0n) is 22.3. The Labute approximate surface area is 253 Å². The first kappa shape index (κ1) is 29.9. The van der Waals surface area contributed by atoms with Crippen molar-refractivity contribution in [1.82, 2.24) is 9.72 Å². The summed E-state index contributed by atoms with van der Waals surface area (Å²) in [6, 6.07) is 15.7. The minimum atomic E-state index is -4.81. The highest BCUT2D eigenvalue weighted by molar-refractivity contribution is 6.62. The molecule has 4 aromatic rings. The Morgan fingerprint density at radius 1 is 1.00 bits per heavy atom. The summed E-state index contributed by atoms with van der Waals surface area (Å²) in [4.78, 5) is 5.16. The molecular formula is C29H23BCl2F5N3O3. The van der Waals surface area contributed by atoms with E-state index in [-0.39, 0.29) is 26.9 Å². The molecule has 2 aromatic heterocycles. The molecule has 0 saturated carbocycles. The fourth-order valence-electron chi connectivity index (χ4n) is 5.68. The van der Waals surface area contributed by atoms with Crippen molar-refractivity contribution in [2.24, 2.45) is 5.16 Å². The molecule has 2 aliphatic heterocycles. The molecule has 0 amide bonds. The molecule has 224 valence electrons. The van der Waals surface area contributed by atoms with Gasteiger partial charge in [-0.25, -0.2) is 8.78 Å². The van der Waals surface area contributed by atoms with Gasteiger partial charge in [0.05, 0.1) is 17.6 Å². The van der Waals surface area contributed by atoms with Gasteiger partial charge in [-0.1, -0.05) is 52.6 Å². The third-order valence-electron chi connectivity index (χ3n) is 7.88. The van der Waals surface area contributed by atoms with E-state index in [1.54, 1.807) is 47.0 Å². The van der Waals surface area contributed by atoms with E-state index >= 15 is 0 Å². The van der Waals surface area contributed by atoms with Crippen LogP contribution in [0.25, 0.3) is 5.52 Å². The Bertz CT molecular complexity index is 1710. The number of hydrogen-bond acceptors (Lipinski definition) is 5. The summed E-state index contributed by atoms with van der Waals surface area (Å²) in [6.45, 7) is -1.44. The van der Waals surface area contributed by atoms with Crippen LogP contribution in [-0.4, -0.2) is 41.8 Å². The summed E-state index contributed by atoms with van der Waals surface area (Å²) in [5, 5.41) is 17.5. The molecule has 2 aromatic carbocycles. The van der Waals surface area contributed by atoms with Crippen molar-refractivity contribution >= 4 is 47.0 Å². The number of benzene rings is 2. The lowest BCUT2D eigenvalue weighted by atomic mass is 9.77. The van der Waals surface area contributed by atoms with Crippen molar-refractivity contribution in [2.45, 2.75) is 36.9 Å². The average molecular weight is 638 g/mol. The van der Waals surface area contributed by atoms with Crippen LogP contribution in [0.2, 0.25) is 10.0 Å². The van der Waals surface area contributed by atoms with Crippen LogP contribution in [0, 0.1) is 0 Å². The maximum atomic E-state index is 14.5. The first-order chi connectivity index (χ1) is 20.5. The number of nitrogens with one attached hydrogen (secondary N) is 1. The number of pyridine rings is 1. The molecule has 43 heavy (non-hydrogen) atoms. The van der Waals surface area contributed by atoms with Gasteiger partial charge in [-0.05, 0) is 58.6 Å². The van der Waals surface area contributed by atoms with Crippen LogP contribution in [0.5, 0.6) is 0 Å². The van der Waals surface area contributed by atoms with Crippen LogP contribution < -0.4 is 10.8 Å². The topological polar surface area (TPSA) is 67.5 Å². The van der Waals surface area contributed by atoms with Crippen LogP contribution >= 0.6 is 23.2 Å². The van der Waals surface area contributed by atoms with E-state index in [0.717, 1.165) is 16.6 Å². The molecule has 0 saturated heterocycles. The van der Waals surface area contributed by atoms with Gasteiger partial charge in [0.25, 0.3) is 5.60 Å². The van der Waals surface area contributed by atoms with Gasteiger partial charge in [-0.3, -0.25) is 0 Å². The van der Waals surface area contributed by atoms with E-state index < -0.39 is 44.3 Å². The van der Waals surface area contributed by atoms with Crippen molar-refractivity contribution in [2.75, 3.05) is 13.3 Å².